The monoisotopic (exact) mass is 231 g/mol. The van der Waals surface area contributed by atoms with Gasteiger partial charge in [0.25, 0.3) is 0 Å². The van der Waals surface area contributed by atoms with Crippen LogP contribution in [-0.4, -0.2) is 6.21 Å². The molecule has 0 N–H and O–H groups in total. The summed E-state index contributed by atoms with van der Waals surface area (Å²) in [4.78, 5) is 4.11. The third-order valence-electron chi connectivity index (χ3n) is 2.32. The SMILES string of the molecule is Fc1ccc(C/N=C/c2ccccc2)c(F)c1. The molecule has 2 aromatic carbocycles. The Morgan fingerprint density at radius 3 is 2.47 bits per heavy atom. The number of aliphatic imine (C=N–C) groups is 1. The molecule has 0 aliphatic rings. The molecular formula is C14H11F2N. The second-order valence-corrected chi connectivity index (χ2v) is 3.62. The van der Waals surface area contributed by atoms with Gasteiger partial charge in [-0.05, 0) is 11.6 Å². The quantitative estimate of drug-likeness (QED) is 0.716. The first-order chi connectivity index (χ1) is 8.25. The van der Waals surface area contributed by atoms with Gasteiger partial charge in [-0.3, -0.25) is 4.99 Å². The van der Waals surface area contributed by atoms with Gasteiger partial charge in [-0.1, -0.05) is 36.4 Å². The molecule has 2 aromatic rings. The summed E-state index contributed by atoms with van der Waals surface area (Å²) in [7, 11) is 0. The normalized spacial score (nSPS) is 10.9. The molecule has 17 heavy (non-hydrogen) atoms. The van der Waals surface area contributed by atoms with Gasteiger partial charge >= 0.3 is 0 Å². The van der Waals surface area contributed by atoms with E-state index in [9.17, 15) is 8.78 Å². The maximum absolute atomic E-state index is 13.3. The zero-order chi connectivity index (χ0) is 12.1. The number of halogens is 2. The highest BCUT2D eigenvalue weighted by molar-refractivity contribution is 5.79. The molecule has 0 atom stereocenters. The number of rotatable bonds is 3. The summed E-state index contributed by atoms with van der Waals surface area (Å²) < 4.78 is 25.9. The molecule has 0 amide bonds. The Kier molecular flexibility index (Phi) is 3.60. The minimum Gasteiger partial charge on any atom is -0.288 e. The fraction of sp³-hybridized carbons (Fsp3) is 0.0714. The Balaban J connectivity index is 2.05. The standard InChI is InChI=1S/C14H11F2N/c15-13-7-6-12(14(16)8-13)10-17-9-11-4-2-1-3-5-11/h1-9H,10H2/b17-9+. The first-order valence-corrected chi connectivity index (χ1v) is 5.24. The smallest absolute Gasteiger partial charge is 0.131 e. The van der Waals surface area contributed by atoms with Crippen LogP contribution in [0.15, 0.2) is 53.5 Å². The van der Waals surface area contributed by atoms with Gasteiger partial charge in [-0.15, -0.1) is 0 Å². The van der Waals surface area contributed by atoms with Gasteiger partial charge in [0, 0.05) is 17.8 Å². The highest BCUT2D eigenvalue weighted by Gasteiger charge is 2.01. The van der Waals surface area contributed by atoms with Crippen molar-refractivity contribution in [3.8, 4) is 0 Å². The van der Waals surface area contributed by atoms with Crippen molar-refractivity contribution in [2.45, 2.75) is 6.54 Å². The third kappa shape index (κ3) is 3.21. The number of hydrogen-bond donors (Lipinski definition) is 0. The summed E-state index contributed by atoms with van der Waals surface area (Å²) in [6.45, 7) is 0.209. The summed E-state index contributed by atoms with van der Waals surface area (Å²) in [5.74, 6) is -1.13. The van der Waals surface area contributed by atoms with Crippen molar-refractivity contribution >= 4 is 6.21 Å². The van der Waals surface area contributed by atoms with Crippen LogP contribution in [0.5, 0.6) is 0 Å². The summed E-state index contributed by atoms with van der Waals surface area (Å²) in [6, 6.07) is 13.0. The van der Waals surface area contributed by atoms with Crippen LogP contribution in [-0.2, 0) is 6.54 Å². The minimum atomic E-state index is -0.571. The van der Waals surface area contributed by atoms with Gasteiger partial charge in [0.1, 0.15) is 11.6 Å². The maximum atomic E-state index is 13.3. The van der Waals surface area contributed by atoms with E-state index in [0.717, 1.165) is 11.6 Å². The number of nitrogens with zero attached hydrogens (tertiary/aromatic N) is 1. The number of hydrogen-bond acceptors (Lipinski definition) is 1. The molecule has 86 valence electrons. The van der Waals surface area contributed by atoms with E-state index in [0.29, 0.717) is 5.56 Å². The van der Waals surface area contributed by atoms with Gasteiger partial charge < -0.3 is 0 Å². The number of benzene rings is 2. The molecule has 0 aromatic heterocycles. The van der Waals surface area contributed by atoms with Crippen LogP contribution in [0.25, 0.3) is 0 Å². The lowest BCUT2D eigenvalue weighted by molar-refractivity contribution is 0.573. The van der Waals surface area contributed by atoms with Crippen LogP contribution in [0.4, 0.5) is 8.78 Å². The summed E-state index contributed by atoms with van der Waals surface area (Å²) in [5, 5.41) is 0. The van der Waals surface area contributed by atoms with E-state index in [1.165, 1.54) is 12.1 Å². The van der Waals surface area contributed by atoms with E-state index in [4.69, 9.17) is 0 Å². The molecule has 3 heteroatoms. The Hall–Kier alpha value is -2.03. The van der Waals surface area contributed by atoms with E-state index in [-0.39, 0.29) is 6.54 Å². The minimum absolute atomic E-state index is 0.209. The molecule has 0 fully saturated rings. The van der Waals surface area contributed by atoms with Crippen LogP contribution < -0.4 is 0 Å². The molecule has 0 heterocycles. The highest BCUT2D eigenvalue weighted by atomic mass is 19.1. The van der Waals surface area contributed by atoms with Crippen molar-refractivity contribution in [3.63, 3.8) is 0 Å². The summed E-state index contributed by atoms with van der Waals surface area (Å²) >= 11 is 0. The van der Waals surface area contributed by atoms with Gasteiger partial charge in [-0.25, -0.2) is 8.78 Å². The lowest BCUT2D eigenvalue weighted by Gasteiger charge is -1.99. The average Bonchev–Trinajstić information content (AvgIpc) is 2.33. The summed E-state index contributed by atoms with van der Waals surface area (Å²) in [6.07, 6.45) is 1.67. The maximum Gasteiger partial charge on any atom is 0.131 e. The third-order valence-corrected chi connectivity index (χ3v) is 2.32. The van der Waals surface area contributed by atoms with Crippen LogP contribution in [0.3, 0.4) is 0 Å². The van der Waals surface area contributed by atoms with E-state index < -0.39 is 11.6 Å². The van der Waals surface area contributed by atoms with Crippen molar-refractivity contribution in [1.29, 1.82) is 0 Å². The molecule has 0 aliphatic carbocycles. The fourth-order valence-electron chi connectivity index (χ4n) is 1.44. The topological polar surface area (TPSA) is 12.4 Å². The van der Waals surface area contributed by atoms with Gasteiger partial charge in [0.05, 0.1) is 6.54 Å². The van der Waals surface area contributed by atoms with Crippen LogP contribution >= 0.6 is 0 Å². The summed E-state index contributed by atoms with van der Waals surface area (Å²) in [5.41, 5.74) is 1.34. The fourth-order valence-corrected chi connectivity index (χ4v) is 1.44. The molecule has 0 unspecified atom stereocenters. The van der Waals surface area contributed by atoms with Crippen LogP contribution in [0.1, 0.15) is 11.1 Å². The van der Waals surface area contributed by atoms with E-state index in [2.05, 4.69) is 4.99 Å². The largest absolute Gasteiger partial charge is 0.288 e. The second-order valence-electron chi connectivity index (χ2n) is 3.62. The predicted molar refractivity (Wildman–Crippen MR) is 64.1 cm³/mol. The molecule has 0 saturated carbocycles. The molecule has 0 spiro atoms. The van der Waals surface area contributed by atoms with Gasteiger partial charge in [0.15, 0.2) is 0 Å². The van der Waals surface area contributed by atoms with Crippen molar-refractivity contribution in [3.05, 3.63) is 71.3 Å². The zero-order valence-corrected chi connectivity index (χ0v) is 9.11. The van der Waals surface area contributed by atoms with Crippen molar-refractivity contribution in [2.75, 3.05) is 0 Å². The molecule has 0 aliphatic heterocycles. The van der Waals surface area contributed by atoms with Gasteiger partial charge in [0.2, 0.25) is 0 Å². The molecule has 2 rings (SSSR count). The predicted octanol–water partition coefficient (Wildman–Crippen LogP) is 3.58. The molecule has 0 radical (unpaired) electrons. The van der Waals surface area contributed by atoms with Crippen molar-refractivity contribution < 1.29 is 8.78 Å². The second kappa shape index (κ2) is 5.34. The van der Waals surface area contributed by atoms with Gasteiger partial charge in [-0.2, -0.15) is 0 Å². The van der Waals surface area contributed by atoms with Crippen LogP contribution in [0, 0.1) is 11.6 Å². The zero-order valence-electron chi connectivity index (χ0n) is 9.11. The molecule has 1 nitrogen and oxygen atoms in total. The molecular weight excluding hydrogens is 220 g/mol. The Bertz CT molecular complexity index is 521. The molecule has 0 saturated heterocycles. The first kappa shape index (κ1) is 11.5. The first-order valence-electron chi connectivity index (χ1n) is 5.24. The Labute approximate surface area is 98.4 Å². The van der Waals surface area contributed by atoms with E-state index >= 15 is 0 Å². The van der Waals surface area contributed by atoms with E-state index in [1.807, 2.05) is 30.3 Å². The average molecular weight is 231 g/mol. The van der Waals surface area contributed by atoms with Crippen molar-refractivity contribution in [1.82, 2.24) is 0 Å². The Morgan fingerprint density at radius 1 is 1.00 bits per heavy atom. The van der Waals surface area contributed by atoms with Crippen LogP contribution in [0.2, 0.25) is 0 Å². The highest BCUT2D eigenvalue weighted by Crippen LogP contribution is 2.10. The lowest BCUT2D eigenvalue weighted by atomic mass is 10.2. The Morgan fingerprint density at radius 2 is 1.76 bits per heavy atom. The molecule has 0 bridgehead atoms. The van der Waals surface area contributed by atoms with Crippen molar-refractivity contribution in [2.24, 2.45) is 4.99 Å². The van der Waals surface area contributed by atoms with E-state index in [1.54, 1.807) is 6.21 Å². The lowest BCUT2D eigenvalue weighted by Crippen LogP contribution is -1.90.